The highest BCUT2D eigenvalue weighted by molar-refractivity contribution is 9.10. The molecule has 2 rings (SSSR count). The molecule has 7 heteroatoms. The minimum absolute atomic E-state index is 0.0614. The third-order valence-electron chi connectivity index (χ3n) is 3.13. The van der Waals surface area contributed by atoms with Crippen LogP contribution in [-0.4, -0.2) is 17.1 Å². The van der Waals surface area contributed by atoms with Gasteiger partial charge in [0, 0.05) is 35.8 Å². The number of aryl methyl sites for hydroxylation is 2. The van der Waals surface area contributed by atoms with Crippen molar-refractivity contribution in [3.05, 3.63) is 49.8 Å². The van der Waals surface area contributed by atoms with Crippen LogP contribution in [0.4, 0.5) is 11.4 Å². The molecular formula is C13H14BrN3O3. The van der Waals surface area contributed by atoms with E-state index in [1.54, 1.807) is 6.07 Å². The van der Waals surface area contributed by atoms with Crippen LogP contribution >= 0.6 is 15.9 Å². The van der Waals surface area contributed by atoms with Gasteiger partial charge in [0.2, 0.25) is 0 Å². The number of anilines is 1. The lowest BCUT2D eigenvalue weighted by atomic mass is 10.2. The lowest BCUT2D eigenvalue weighted by Gasteiger charge is -2.20. The third kappa shape index (κ3) is 2.82. The number of rotatable bonds is 4. The Hall–Kier alpha value is -1.89. The molecule has 0 bridgehead atoms. The average molecular weight is 340 g/mol. The Balaban J connectivity index is 2.26. The van der Waals surface area contributed by atoms with Gasteiger partial charge in [-0.15, -0.1) is 0 Å². The van der Waals surface area contributed by atoms with Crippen LogP contribution in [-0.2, 0) is 6.54 Å². The topological polar surface area (TPSA) is 72.4 Å². The van der Waals surface area contributed by atoms with Gasteiger partial charge in [-0.3, -0.25) is 10.1 Å². The molecule has 0 amide bonds. The Labute approximate surface area is 124 Å². The van der Waals surface area contributed by atoms with Gasteiger partial charge in [-0.05, 0) is 35.8 Å². The van der Waals surface area contributed by atoms with Gasteiger partial charge in [-0.25, -0.2) is 0 Å². The van der Waals surface area contributed by atoms with Gasteiger partial charge in [0.05, 0.1) is 16.3 Å². The number of nitrogens with zero attached hydrogens (tertiary/aromatic N) is 3. The fourth-order valence-corrected chi connectivity index (χ4v) is 2.64. The summed E-state index contributed by atoms with van der Waals surface area (Å²) in [5, 5.41) is 14.7. The molecule has 0 aliphatic carbocycles. The number of halogens is 1. The third-order valence-corrected chi connectivity index (χ3v) is 3.76. The average Bonchev–Trinajstić information content (AvgIpc) is 2.70. The first-order valence-corrected chi connectivity index (χ1v) is 6.76. The summed E-state index contributed by atoms with van der Waals surface area (Å²) in [6.45, 7) is 4.39. The molecule has 20 heavy (non-hydrogen) atoms. The van der Waals surface area contributed by atoms with Crippen molar-refractivity contribution in [3.8, 4) is 0 Å². The van der Waals surface area contributed by atoms with Gasteiger partial charge < -0.3 is 9.42 Å². The molecule has 0 unspecified atom stereocenters. The summed E-state index contributed by atoms with van der Waals surface area (Å²) < 4.78 is 5.82. The van der Waals surface area contributed by atoms with Crippen molar-refractivity contribution in [2.45, 2.75) is 20.4 Å². The Morgan fingerprint density at radius 3 is 2.65 bits per heavy atom. The van der Waals surface area contributed by atoms with Crippen LogP contribution < -0.4 is 4.90 Å². The van der Waals surface area contributed by atoms with Gasteiger partial charge in [0.1, 0.15) is 5.76 Å². The molecule has 2 aromatic rings. The monoisotopic (exact) mass is 339 g/mol. The van der Waals surface area contributed by atoms with Gasteiger partial charge >= 0.3 is 0 Å². The van der Waals surface area contributed by atoms with Crippen LogP contribution in [0.25, 0.3) is 0 Å². The smallest absolute Gasteiger partial charge is 0.270 e. The van der Waals surface area contributed by atoms with Crippen LogP contribution in [0.1, 0.15) is 17.0 Å². The number of nitro benzene ring substituents is 1. The maximum atomic E-state index is 10.7. The fraction of sp³-hybridized carbons (Fsp3) is 0.308. The van der Waals surface area contributed by atoms with E-state index >= 15 is 0 Å². The lowest BCUT2D eigenvalue weighted by Crippen LogP contribution is -2.17. The van der Waals surface area contributed by atoms with E-state index in [2.05, 4.69) is 21.1 Å². The molecule has 0 aliphatic rings. The molecule has 0 saturated heterocycles. The molecule has 1 aromatic carbocycles. The second-order valence-corrected chi connectivity index (χ2v) is 5.41. The standard InChI is InChI=1S/C13H14BrN3O3/c1-8-11(9(2)20-15-8)7-16(3)13-5-4-10(17(18)19)6-12(13)14/h4-6H,7H2,1-3H3. The molecule has 0 aliphatic heterocycles. The summed E-state index contributed by atoms with van der Waals surface area (Å²) in [7, 11) is 1.91. The highest BCUT2D eigenvalue weighted by Crippen LogP contribution is 2.30. The van der Waals surface area contributed by atoms with Crippen molar-refractivity contribution >= 4 is 27.3 Å². The predicted molar refractivity (Wildman–Crippen MR) is 78.9 cm³/mol. The molecule has 1 heterocycles. The predicted octanol–water partition coefficient (Wildman–Crippen LogP) is 3.60. The Bertz CT molecular complexity index is 635. The first-order chi connectivity index (χ1) is 9.40. The van der Waals surface area contributed by atoms with Crippen molar-refractivity contribution in [2.75, 3.05) is 11.9 Å². The molecule has 6 nitrogen and oxygen atoms in total. The number of hydrogen-bond acceptors (Lipinski definition) is 5. The maximum Gasteiger partial charge on any atom is 0.270 e. The van der Waals surface area contributed by atoms with E-state index in [1.165, 1.54) is 12.1 Å². The highest BCUT2D eigenvalue weighted by atomic mass is 79.9. The quantitative estimate of drug-likeness (QED) is 0.628. The van der Waals surface area contributed by atoms with Crippen LogP contribution in [0.3, 0.4) is 0 Å². The fourth-order valence-electron chi connectivity index (χ4n) is 1.97. The van der Waals surface area contributed by atoms with Crippen LogP contribution in [0, 0.1) is 24.0 Å². The molecule has 0 fully saturated rings. The van der Waals surface area contributed by atoms with E-state index in [0.717, 1.165) is 22.7 Å². The van der Waals surface area contributed by atoms with Crippen LogP contribution in [0.2, 0.25) is 0 Å². The molecule has 0 atom stereocenters. The zero-order valence-corrected chi connectivity index (χ0v) is 13.0. The number of nitro groups is 1. The Morgan fingerprint density at radius 1 is 1.45 bits per heavy atom. The zero-order chi connectivity index (χ0) is 14.9. The highest BCUT2D eigenvalue weighted by Gasteiger charge is 2.15. The number of aromatic nitrogens is 1. The van der Waals surface area contributed by atoms with E-state index < -0.39 is 4.92 Å². The minimum Gasteiger partial charge on any atom is -0.369 e. The second kappa shape index (κ2) is 5.62. The summed E-state index contributed by atoms with van der Waals surface area (Å²) in [6, 6.07) is 4.71. The molecule has 0 spiro atoms. The zero-order valence-electron chi connectivity index (χ0n) is 11.4. The molecule has 0 N–H and O–H groups in total. The van der Waals surface area contributed by atoms with Gasteiger partial charge in [-0.2, -0.15) is 0 Å². The van der Waals surface area contributed by atoms with E-state index in [9.17, 15) is 10.1 Å². The van der Waals surface area contributed by atoms with Crippen LogP contribution in [0.5, 0.6) is 0 Å². The van der Waals surface area contributed by atoms with E-state index in [1.807, 2.05) is 25.8 Å². The number of hydrogen-bond donors (Lipinski definition) is 0. The first kappa shape index (κ1) is 14.5. The summed E-state index contributed by atoms with van der Waals surface area (Å²) in [5.74, 6) is 0.785. The Kier molecular flexibility index (Phi) is 4.08. The van der Waals surface area contributed by atoms with Gasteiger partial charge in [0.25, 0.3) is 5.69 Å². The largest absolute Gasteiger partial charge is 0.369 e. The normalized spacial score (nSPS) is 10.6. The summed E-state index contributed by atoms with van der Waals surface area (Å²) in [4.78, 5) is 12.3. The molecule has 106 valence electrons. The van der Waals surface area contributed by atoms with Crippen molar-refractivity contribution < 1.29 is 9.45 Å². The molecular weight excluding hydrogens is 326 g/mol. The van der Waals surface area contributed by atoms with E-state index in [0.29, 0.717) is 11.0 Å². The molecule has 0 saturated carbocycles. The van der Waals surface area contributed by atoms with Gasteiger partial charge in [-0.1, -0.05) is 5.16 Å². The van der Waals surface area contributed by atoms with Crippen molar-refractivity contribution in [1.29, 1.82) is 0 Å². The van der Waals surface area contributed by atoms with Crippen molar-refractivity contribution in [2.24, 2.45) is 0 Å². The van der Waals surface area contributed by atoms with Crippen LogP contribution in [0.15, 0.2) is 27.2 Å². The number of non-ortho nitro benzene ring substituents is 1. The van der Waals surface area contributed by atoms with E-state index in [4.69, 9.17) is 4.52 Å². The summed E-state index contributed by atoms with van der Waals surface area (Å²) in [5.41, 5.74) is 2.81. The molecule has 1 aromatic heterocycles. The van der Waals surface area contributed by atoms with E-state index in [-0.39, 0.29) is 5.69 Å². The summed E-state index contributed by atoms with van der Waals surface area (Å²) in [6.07, 6.45) is 0. The maximum absolute atomic E-state index is 10.7. The lowest BCUT2D eigenvalue weighted by molar-refractivity contribution is -0.384. The van der Waals surface area contributed by atoms with Crippen molar-refractivity contribution in [1.82, 2.24) is 5.16 Å². The number of benzene rings is 1. The second-order valence-electron chi connectivity index (χ2n) is 4.55. The van der Waals surface area contributed by atoms with Gasteiger partial charge in [0.15, 0.2) is 0 Å². The molecule has 0 radical (unpaired) electrons. The van der Waals surface area contributed by atoms with Crippen molar-refractivity contribution in [3.63, 3.8) is 0 Å². The SMILES string of the molecule is Cc1noc(C)c1CN(C)c1ccc([N+](=O)[O-])cc1Br. The minimum atomic E-state index is -0.414. The first-order valence-electron chi connectivity index (χ1n) is 5.97. The Morgan fingerprint density at radius 2 is 2.15 bits per heavy atom. The summed E-state index contributed by atoms with van der Waals surface area (Å²) >= 11 is 3.37.